The summed E-state index contributed by atoms with van der Waals surface area (Å²) >= 11 is 0. The molecule has 100 valence electrons. The first-order valence-electron chi connectivity index (χ1n) is 7.24. The summed E-state index contributed by atoms with van der Waals surface area (Å²) in [4.78, 5) is 4.25. The summed E-state index contributed by atoms with van der Waals surface area (Å²) in [5.41, 5.74) is 1.19. The van der Waals surface area contributed by atoms with E-state index in [1.807, 2.05) is 13.2 Å². The summed E-state index contributed by atoms with van der Waals surface area (Å²) in [7, 11) is 1.91. The van der Waals surface area contributed by atoms with Gasteiger partial charge in [0.25, 0.3) is 0 Å². The predicted octanol–water partition coefficient (Wildman–Crippen LogP) is 3.89. The van der Waals surface area contributed by atoms with E-state index in [2.05, 4.69) is 34.7 Å². The van der Waals surface area contributed by atoms with Gasteiger partial charge in [-0.15, -0.1) is 0 Å². The molecule has 0 radical (unpaired) electrons. The third-order valence-electron chi connectivity index (χ3n) is 4.03. The molecule has 0 saturated heterocycles. The Morgan fingerprint density at radius 1 is 1.33 bits per heavy atom. The van der Waals surface area contributed by atoms with Crippen LogP contribution in [-0.4, -0.2) is 18.1 Å². The van der Waals surface area contributed by atoms with Gasteiger partial charge < -0.3 is 10.6 Å². The highest BCUT2D eigenvalue weighted by atomic mass is 15.0. The van der Waals surface area contributed by atoms with Gasteiger partial charge in [0.1, 0.15) is 5.82 Å². The zero-order chi connectivity index (χ0) is 12.8. The molecule has 18 heavy (non-hydrogen) atoms. The highest BCUT2D eigenvalue weighted by molar-refractivity contribution is 5.52. The third kappa shape index (κ3) is 3.37. The van der Waals surface area contributed by atoms with Gasteiger partial charge in [-0.05, 0) is 31.2 Å². The molecular weight excluding hydrogens is 222 g/mol. The normalized spacial score (nSPS) is 18.3. The number of pyridine rings is 1. The van der Waals surface area contributed by atoms with Gasteiger partial charge in [-0.25, -0.2) is 4.98 Å². The largest absolute Gasteiger partial charge is 0.382 e. The second-order valence-corrected chi connectivity index (χ2v) is 5.24. The van der Waals surface area contributed by atoms with Crippen LogP contribution in [0.3, 0.4) is 0 Å². The third-order valence-corrected chi connectivity index (χ3v) is 4.03. The van der Waals surface area contributed by atoms with E-state index in [4.69, 9.17) is 0 Å². The fraction of sp³-hybridized carbons (Fsp3) is 0.667. The average molecular weight is 247 g/mol. The molecule has 0 aliphatic heterocycles. The molecule has 1 saturated carbocycles. The van der Waals surface area contributed by atoms with Crippen LogP contribution in [0, 0.1) is 5.92 Å². The number of nitrogens with one attached hydrogen (secondary N) is 2. The molecule has 3 nitrogen and oxygen atoms in total. The van der Waals surface area contributed by atoms with Crippen LogP contribution in [0.15, 0.2) is 18.3 Å². The van der Waals surface area contributed by atoms with Gasteiger partial charge in [0.05, 0.1) is 0 Å². The van der Waals surface area contributed by atoms with E-state index in [9.17, 15) is 0 Å². The topological polar surface area (TPSA) is 37.0 Å². The van der Waals surface area contributed by atoms with Crippen LogP contribution >= 0.6 is 0 Å². The molecule has 2 rings (SSSR count). The van der Waals surface area contributed by atoms with Crippen LogP contribution in [0.25, 0.3) is 0 Å². The molecule has 0 spiro atoms. The van der Waals surface area contributed by atoms with Crippen LogP contribution in [0.2, 0.25) is 0 Å². The van der Waals surface area contributed by atoms with Gasteiger partial charge in [-0.2, -0.15) is 0 Å². The monoisotopic (exact) mass is 247 g/mol. The molecule has 1 aliphatic carbocycles. The van der Waals surface area contributed by atoms with Crippen molar-refractivity contribution in [1.82, 2.24) is 4.98 Å². The van der Waals surface area contributed by atoms with Crippen LogP contribution in [0.4, 0.5) is 11.5 Å². The molecular formula is C15H25N3. The Balaban J connectivity index is 1.99. The quantitative estimate of drug-likeness (QED) is 0.828. The zero-order valence-electron chi connectivity index (χ0n) is 11.6. The molecule has 1 unspecified atom stereocenters. The van der Waals surface area contributed by atoms with Crippen molar-refractivity contribution >= 4 is 11.5 Å². The molecule has 1 atom stereocenters. The summed E-state index contributed by atoms with van der Waals surface area (Å²) in [5.74, 6) is 1.77. The van der Waals surface area contributed by atoms with Crippen molar-refractivity contribution in [2.45, 2.75) is 51.5 Å². The summed E-state index contributed by atoms with van der Waals surface area (Å²) in [5, 5.41) is 6.78. The molecule has 0 aromatic carbocycles. The van der Waals surface area contributed by atoms with E-state index >= 15 is 0 Å². The molecule has 1 aromatic heterocycles. The van der Waals surface area contributed by atoms with E-state index in [-0.39, 0.29) is 0 Å². The van der Waals surface area contributed by atoms with Gasteiger partial charge in [-0.3, -0.25) is 0 Å². The average Bonchev–Trinajstić information content (AvgIpc) is 2.46. The lowest BCUT2D eigenvalue weighted by molar-refractivity contribution is 0.313. The van der Waals surface area contributed by atoms with Crippen LogP contribution in [0.1, 0.15) is 45.4 Å². The lowest BCUT2D eigenvalue weighted by Crippen LogP contribution is -2.30. The van der Waals surface area contributed by atoms with Gasteiger partial charge in [0, 0.05) is 31.0 Å². The van der Waals surface area contributed by atoms with Crippen molar-refractivity contribution in [3.63, 3.8) is 0 Å². The molecule has 3 heteroatoms. The SMILES string of the molecule is CCC(Nc1ccnc(NC)c1)C1CCCCC1. The molecule has 1 aromatic rings. The highest BCUT2D eigenvalue weighted by Gasteiger charge is 2.22. The Kier molecular flexibility index (Phi) is 4.85. The minimum absolute atomic E-state index is 0.609. The van der Waals surface area contributed by atoms with E-state index in [1.165, 1.54) is 44.2 Å². The first-order valence-corrected chi connectivity index (χ1v) is 7.24. The summed E-state index contributed by atoms with van der Waals surface area (Å²) in [6.45, 7) is 2.28. The van der Waals surface area contributed by atoms with Gasteiger partial charge in [0.2, 0.25) is 0 Å². The second-order valence-electron chi connectivity index (χ2n) is 5.24. The second kappa shape index (κ2) is 6.62. The summed E-state index contributed by atoms with van der Waals surface area (Å²) in [6.07, 6.45) is 10.1. The summed E-state index contributed by atoms with van der Waals surface area (Å²) in [6, 6.07) is 4.76. The van der Waals surface area contributed by atoms with Crippen LogP contribution < -0.4 is 10.6 Å². The van der Waals surface area contributed by atoms with Crippen molar-refractivity contribution in [2.24, 2.45) is 5.92 Å². The Morgan fingerprint density at radius 3 is 2.78 bits per heavy atom. The fourth-order valence-corrected chi connectivity index (χ4v) is 2.96. The number of nitrogens with zero attached hydrogens (tertiary/aromatic N) is 1. The van der Waals surface area contributed by atoms with Crippen molar-refractivity contribution in [3.05, 3.63) is 18.3 Å². The van der Waals surface area contributed by atoms with Crippen LogP contribution in [0.5, 0.6) is 0 Å². The zero-order valence-corrected chi connectivity index (χ0v) is 11.6. The maximum atomic E-state index is 4.25. The van der Waals surface area contributed by atoms with E-state index < -0.39 is 0 Å². The molecule has 2 N–H and O–H groups in total. The first kappa shape index (κ1) is 13.2. The Labute approximate surface area is 110 Å². The molecule has 0 amide bonds. The van der Waals surface area contributed by atoms with E-state index in [0.717, 1.165) is 11.7 Å². The minimum Gasteiger partial charge on any atom is -0.382 e. The van der Waals surface area contributed by atoms with E-state index in [0.29, 0.717) is 6.04 Å². The standard InChI is InChI=1S/C15H25N3/c1-3-14(12-7-5-4-6-8-12)18-13-9-10-17-15(11-13)16-2/h9-12,14H,3-8H2,1-2H3,(H2,16,17,18). The number of rotatable bonds is 5. The molecule has 1 heterocycles. The Bertz CT molecular complexity index is 359. The highest BCUT2D eigenvalue weighted by Crippen LogP contribution is 2.29. The minimum atomic E-state index is 0.609. The lowest BCUT2D eigenvalue weighted by Gasteiger charge is -2.31. The number of hydrogen-bond donors (Lipinski definition) is 2. The van der Waals surface area contributed by atoms with Gasteiger partial charge >= 0.3 is 0 Å². The number of hydrogen-bond acceptors (Lipinski definition) is 3. The van der Waals surface area contributed by atoms with Crippen molar-refractivity contribution < 1.29 is 0 Å². The molecule has 1 fully saturated rings. The number of aromatic nitrogens is 1. The van der Waals surface area contributed by atoms with Crippen molar-refractivity contribution in [1.29, 1.82) is 0 Å². The van der Waals surface area contributed by atoms with Crippen LogP contribution in [-0.2, 0) is 0 Å². The van der Waals surface area contributed by atoms with Gasteiger partial charge in [0.15, 0.2) is 0 Å². The van der Waals surface area contributed by atoms with E-state index in [1.54, 1.807) is 0 Å². The molecule has 1 aliphatic rings. The summed E-state index contributed by atoms with van der Waals surface area (Å²) < 4.78 is 0. The van der Waals surface area contributed by atoms with Crippen molar-refractivity contribution in [2.75, 3.05) is 17.7 Å². The first-order chi connectivity index (χ1) is 8.83. The maximum absolute atomic E-state index is 4.25. The van der Waals surface area contributed by atoms with Gasteiger partial charge in [-0.1, -0.05) is 26.2 Å². The molecule has 0 bridgehead atoms. The lowest BCUT2D eigenvalue weighted by atomic mass is 9.83. The van der Waals surface area contributed by atoms with Crippen molar-refractivity contribution in [3.8, 4) is 0 Å². The maximum Gasteiger partial charge on any atom is 0.127 e. The Morgan fingerprint density at radius 2 is 2.11 bits per heavy atom. The number of anilines is 2. The Hall–Kier alpha value is -1.25. The fourth-order valence-electron chi connectivity index (χ4n) is 2.96. The smallest absolute Gasteiger partial charge is 0.127 e. The predicted molar refractivity (Wildman–Crippen MR) is 78.1 cm³/mol.